The van der Waals surface area contributed by atoms with Crippen LogP contribution >= 0.6 is 0 Å². The Morgan fingerprint density at radius 1 is 0.857 bits per heavy atom. The highest BCUT2D eigenvalue weighted by Gasteiger charge is 2.03. The molecule has 0 aliphatic rings. The van der Waals surface area contributed by atoms with Gasteiger partial charge in [0, 0.05) is 0 Å². The van der Waals surface area contributed by atoms with E-state index in [4.69, 9.17) is 30.4 Å². The van der Waals surface area contributed by atoms with Crippen molar-refractivity contribution < 1.29 is 35.3 Å². The zero-order valence-electron chi connectivity index (χ0n) is 7.96. The molecular formula is C6H18BNO6. The Kier molecular flexibility index (Phi) is 14.8. The molecule has 0 spiro atoms. The van der Waals surface area contributed by atoms with E-state index in [9.17, 15) is 0 Å². The molecule has 0 bridgehead atoms. The van der Waals surface area contributed by atoms with Crippen molar-refractivity contribution in [1.29, 1.82) is 0 Å². The van der Waals surface area contributed by atoms with Crippen LogP contribution in [0.5, 0.6) is 0 Å². The minimum absolute atomic E-state index is 0.106. The molecule has 86 valence electrons. The molecule has 14 heavy (non-hydrogen) atoms. The van der Waals surface area contributed by atoms with E-state index in [0.717, 1.165) is 4.90 Å². The second-order valence-electron chi connectivity index (χ2n) is 2.50. The Bertz CT molecular complexity index is 89.3. The van der Waals surface area contributed by atoms with Gasteiger partial charge in [0.05, 0.1) is 19.8 Å². The van der Waals surface area contributed by atoms with E-state index in [1.165, 1.54) is 0 Å². The highest BCUT2D eigenvalue weighted by atomic mass is 16.5. The van der Waals surface area contributed by atoms with Crippen LogP contribution in [0.3, 0.4) is 0 Å². The molecule has 0 atom stereocenters. The summed E-state index contributed by atoms with van der Waals surface area (Å²) in [5.41, 5.74) is 0. The summed E-state index contributed by atoms with van der Waals surface area (Å²) in [6, 6.07) is 0. The lowest BCUT2D eigenvalue weighted by atomic mass is 10.3. The molecule has 0 amide bonds. The Hall–Kier alpha value is -0.215. The van der Waals surface area contributed by atoms with Crippen molar-refractivity contribution in [3.05, 3.63) is 0 Å². The van der Waals surface area contributed by atoms with Crippen LogP contribution in [0.25, 0.3) is 0 Å². The minimum atomic E-state index is -2.42. The van der Waals surface area contributed by atoms with Crippen LogP contribution in [-0.4, -0.2) is 72.1 Å². The first-order chi connectivity index (χ1) is 6.58. The molecule has 0 unspecified atom stereocenters. The fourth-order valence-electron chi connectivity index (χ4n) is 0.849. The van der Waals surface area contributed by atoms with E-state index in [0.29, 0.717) is 19.6 Å². The van der Waals surface area contributed by atoms with E-state index < -0.39 is 7.32 Å². The largest absolute Gasteiger partial charge is 0.832 e. The molecule has 0 aromatic heterocycles. The number of quaternary nitrogens is 1. The average Bonchev–Trinajstić information content (AvgIpc) is 2.04. The fourth-order valence-corrected chi connectivity index (χ4v) is 0.849. The first kappa shape index (κ1) is 16.2. The Morgan fingerprint density at radius 3 is 1.21 bits per heavy atom. The Balaban J connectivity index is 0. The second kappa shape index (κ2) is 12.8. The van der Waals surface area contributed by atoms with Crippen LogP contribution in [0, 0.1) is 0 Å². The molecule has 0 aromatic rings. The molecular weight excluding hydrogens is 193 g/mol. The summed E-state index contributed by atoms with van der Waals surface area (Å²) in [6.07, 6.45) is 0. The Morgan fingerprint density at radius 2 is 1.07 bits per heavy atom. The van der Waals surface area contributed by atoms with Gasteiger partial charge in [-0.2, -0.15) is 0 Å². The van der Waals surface area contributed by atoms with Gasteiger partial charge < -0.3 is 35.3 Å². The second-order valence-corrected chi connectivity index (χ2v) is 2.50. The van der Waals surface area contributed by atoms with Crippen LogP contribution in [0.2, 0.25) is 0 Å². The lowest BCUT2D eigenvalue weighted by Crippen LogP contribution is -3.13. The smallest absolute Gasteiger partial charge is 0.339 e. The van der Waals surface area contributed by atoms with Gasteiger partial charge in [-0.05, 0) is 0 Å². The number of aliphatic hydroxyl groups is 3. The van der Waals surface area contributed by atoms with Crippen LogP contribution in [0.1, 0.15) is 0 Å². The van der Waals surface area contributed by atoms with Gasteiger partial charge in [0.15, 0.2) is 0 Å². The first-order valence-corrected chi connectivity index (χ1v) is 4.26. The highest BCUT2D eigenvalue weighted by molar-refractivity contribution is 6.28. The zero-order valence-corrected chi connectivity index (χ0v) is 7.96. The third kappa shape index (κ3) is 17.8. The number of hydrogen-bond donors (Lipinski definition) is 6. The summed E-state index contributed by atoms with van der Waals surface area (Å²) in [5.74, 6) is 0. The lowest BCUT2D eigenvalue weighted by molar-refractivity contribution is -0.901. The van der Waals surface area contributed by atoms with Crippen molar-refractivity contribution in [2.24, 2.45) is 0 Å². The van der Waals surface area contributed by atoms with Crippen LogP contribution in [-0.2, 0) is 0 Å². The predicted molar refractivity (Wildman–Crippen MR) is 47.0 cm³/mol. The summed E-state index contributed by atoms with van der Waals surface area (Å²) in [5, 5.41) is 48.3. The maximum Gasteiger partial charge on any atom is 0.339 e. The maximum atomic E-state index is 8.64. The van der Waals surface area contributed by atoms with Gasteiger partial charge in [0.2, 0.25) is 0 Å². The van der Waals surface area contributed by atoms with Crippen LogP contribution < -0.4 is 9.92 Å². The molecule has 0 rings (SSSR count). The highest BCUT2D eigenvalue weighted by Crippen LogP contribution is 1.52. The molecule has 0 aliphatic carbocycles. The summed E-state index contributed by atoms with van der Waals surface area (Å²) in [7, 11) is -2.42. The van der Waals surface area contributed by atoms with Crippen molar-refractivity contribution in [3.63, 3.8) is 0 Å². The molecule has 0 aliphatic heterocycles. The van der Waals surface area contributed by atoms with E-state index in [1.807, 2.05) is 0 Å². The molecule has 0 saturated carbocycles. The van der Waals surface area contributed by atoms with Gasteiger partial charge in [-0.15, -0.1) is 0 Å². The van der Waals surface area contributed by atoms with Crippen molar-refractivity contribution in [1.82, 2.24) is 0 Å². The predicted octanol–water partition coefficient (Wildman–Crippen LogP) is -5.84. The topological polar surface area (TPSA) is 129 Å². The summed E-state index contributed by atoms with van der Waals surface area (Å²) < 4.78 is 0. The summed E-state index contributed by atoms with van der Waals surface area (Å²) in [6.45, 7) is 2.11. The normalized spacial score (nSPS) is 9.64. The SMILES string of the molecule is OCC[NH+](CCO)CCO.[O-]B(O)O. The molecule has 0 saturated heterocycles. The van der Waals surface area contributed by atoms with Gasteiger partial charge in [-0.3, -0.25) is 0 Å². The van der Waals surface area contributed by atoms with E-state index in [-0.39, 0.29) is 19.8 Å². The molecule has 0 fully saturated rings. The van der Waals surface area contributed by atoms with E-state index in [1.54, 1.807) is 0 Å². The molecule has 8 heteroatoms. The maximum absolute atomic E-state index is 8.64. The van der Waals surface area contributed by atoms with Crippen molar-refractivity contribution in [2.75, 3.05) is 39.5 Å². The van der Waals surface area contributed by atoms with E-state index >= 15 is 0 Å². The van der Waals surface area contributed by atoms with Crippen molar-refractivity contribution in [2.45, 2.75) is 0 Å². The van der Waals surface area contributed by atoms with Gasteiger partial charge in [-0.25, -0.2) is 0 Å². The van der Waals surface area contributed by atoms with Gasteiger partial charge in [0.1, 0.15) is 19.6 Å². The van der Waals surface area contributed by atoms with Crippen molar-refractivity contribution >= 4 is 7.32 Å². The first-order valence-electron chi connectivity index (χ1n) is 4.26. The van der Waals surface area contributed by atoms with Crippen LogP contribution in [0.15, 0.2) is 0 Å². The average molecular weight is 211 g/mol. The standard InChI is InChI=1S/C6H15NO3.BH2O3/c8-4-1-7(2-5-9)3-6-10;2-1(3)4/h8-10H,1-6H2;2-3H/q;-1/p+1. The summed E-state index contributed by atoms with van der Waals surface area (Å²) >= 11 is 0. The number of hydrogen-bond acceptors (Lipinski definition) is 6. The third-order valence-corrected chi connectivity index (χ3v) is 1.40. The lowest BCUT2D eigenvalue weighted by Gasteiger charge is -2.15. The monoisotopic (exact) mass is 211 g/mol. The summed E-state index contributed by atoms with van der Waals surface area (Å²) in [4.78, 5) is 1.03. The van der Waals surface area contributed by atoms with Crippen LogP contribution in [0.4, 0.5) is 0 Å². The van der Waals surface area contributed by atoms with Gasteiger partial charge in [0.25, 0.3) is 0 Å². The van der Waals surface area contributed by atoms with Gasteiger partial charge >= 0.3 is 7.32 Å². The fraction of sp³-hybridized carbons (Fsp3) is 1.00. The number of rotatable bonds is 6. The molecule has 0 heterocycles. The molecule has 6 N–H and O–H groups in total. The third-order valence-electron chi connectivity index (χ3n) is 1.40. The van der Waals surface area contributed by atoms with Crippen molar-refractivity contribution in [3.8, 4) is 0 Å². The zero-order chi connectivity index (χ0) is 11.4. The molecule has 0 radical (unpaired) electrons. The number of aliphatic hydroxyl groups excluding tert-OH is 3. The minimum Gasteiger partial charge on any atom is -0.832 e. The van der Waals surface area contributed by atoms with Gasteiger partial charge in [-0.1, -0.05) is 0 Å². The Labute approximate surface area is 83.0 Å². The molecule has 0 aromatic carbocycles. The van der Waals surface area contributed by atoms with E-state index in [2.05, 4.69) is 0 Å². The number of nitrogens with one attached hydrogen (secondary N) is 1. The molecule has 7 nitrogen and oxygen atoms in total. The quantitative estimate of drug-likeness (QED) is 0.243.